The quantitative estimate of drug-likeness (QED) is 0.891. The fourth-order valence-electron chi connectivity index (χ4n) is 2.51. The average molecular weight is 342 g/mol. The van der Waals surface area contributed by atoms with E-state index in [0.717, 1.165) is 0 Å². The Bertz CT molecular complexity index is 543. The van der Waals surface area contributed by atoms with Crippen LogP contribution < -0.4 is 10.5 Å². The molecule has 1 heterocycles. The third-order valence-electron chi connectivity index (χ3n) is 3.69. The first-order valence-electron chi connectivity index (χ1n) is 7.60. The van der Waals surface area contributed by atoms with Gasteiger partial charge in [0.2, 0.25) is 5.91 Å². The minimum Gasteiger partial charge on any atom is -0.493 e. The Kier molecular flexibility index (Phi) is 7.32. The summed E-state index contributed by atoms with van der Waals surface area (Å²) in [7, 11) is 0. The van der Waals surface area contributed by atoms with Crippen molar-refractivity contribution >= 4 is 24.2 Å². The molecule has 0 radical (unpaired) electrons. The first kappa shape index (κ1) is 19.3. The fraction of sp³-hybridized carbons (Fsp3) is 0.500. The summed E-state index contributed by atoms with van der Waals surface area (Å²) in [5.74, 6) is 0.475. The molecule has 1 aromatic carbocycles. The Morgan fingerprint density at radius 1 is 1.17 bits per heavy atom. The summed E-state index contributed by atoms with van der Waals surface area (Å²) in [5, 5.41) is 0. The van der Waals surface area contributed by atoms with Crippen LogP contribution in [0.15, 0.2) is 24.3 Å². The van der Waals surface area contributed by atoms with Crippen LogP contribution in [-0.2, 0) is 4.79 Å². The SMILES string of the molecule is CCOc1ccccc1C(=O)N1CCN(C(=O)[C@@H](C)N)CC1.Cl. The highest BCUT2D eigenvalue weighted by Crippen LogP contribution is 2.20. The molecule has 0 saturated carbocycles. The molecule has 1 aliphatic rings. The third-order valence-corrected chi connectivity index (χ3v) is 3.69. The standard InChI is InChI=1S/C16H23N3O3.ClH/c1-3-22-14-7-5-4-6-13(14)16(21)19-10-8-18(9-11-19)15(20)12(2)17;/h4-7,12H,3,8-11,17H2,1-2H3;1H/t12-;/m1./s1. The van der Waals surface area contributed by atoms with Crippen molar-refractivity contribution in [2.45, 2.75) is 19.9 Å². The maximum Gasteiger partial charge on any atom is 0.257 e. The molecule has 23 heavy (non-hydrogen) atoms. The highest BCUT2D eigenvalue weighted by atomic mass is 35.5. The fourth-order valence-corrected chi connectivity index (χ4v) is 2.51. The van der Waals surface area contributed by atoms with Gasteiger partial charge in [-0.2, -0.15) is 0 Å². The molecule has 1 aliphatic heterocycles. The summed E-state index contributed by atoms with van der Waals surface area (Å²) in [5.41, 5.74) is 6.18. The number of nitrogens with zero attached hydrogens (tertiary/aromatic N) is 2. The number of halogens is 1. The van der Waals surface area contributed by atoms with E-state index in [1.807, 2.05) is 19.1 Å². The maximum atomic E-state index is 12.6. The van der Waals surface area contributed by atoms with Crippen LogP contribution in [-0.4, -0.2) is 60.4 Å². The van der Waals surface area contributed by atoms with Crippen LogP contribution in [0.2, 0.25) is 0 Å². The molecule has 0 spiro atoms. The number of carbonyl (C=O) groups is 2. The largest absolute Gasteiger partial charge is 0.493 e. The van der Waals surface area contributed by atoms with Crippen molar-refractivity contribution in [2.24, 2.45) is 5.73 Å². The van der Waals surface area contributed by atoms with Gasteiger partial charge in [-0.05, 0) is 26.0 Å². The lowest BCUT2D eigenvalue weighted by Crippen LogP contribution is -2.53. The smallest absolute Gasteiger partial charge is 0.257 e. The Morgan fingerprint density at radius 2 is 1.74 bits per heavy atom. The Hall–Kier alpha value is -1.79. The molecule has 6 nitrogen and oxygen atoms in total. The summed E-state index contributed by atoms with van der Waals surface area (Å²) < 4.78 is 5.51. The lowest BCUT2D eigenvalue weighted by molar-refractivity contribution is -0.133. The second kappa shape index (κ2) is 8.74. The Balaban J connectivity index is 0.00000264. The molecule has 1 atom stereocenters. The number of hydrogen-bond donors (Lipinski definition) is 1. The zero-order chi connectivity index (χ0) is 16.1. The Morgan fingerprint density at radius 3 is 2.30 bits per heavy atom. The molecule has 0 unspecified atom stereocenters. The molecule has 2 rings (SSSR count). The van der Waals surface area contributed by atoms with Gasteiger partial charge >= 0.3 is 0 Å². The van der Waals surface area contributed by atoms with Crippen LogP contribution in [0.5, 0.6) is 5.75 Å². The number of para-hydroxylation sites is 1. The number of hydrogen-bond acceptors (Lipinski definition) is 4. The van der Waals surface area contributed by atoms with Gasteiger partial charge in [-0.1, -0.05) is 12.1 Å². The number of rotatable bonds is 4. The van der Waals surface area contributed by atoms with E-state index < -0.39 is 6.04 Å². The molecular weight excluding hydrogens is 318 g/mol. The van der Waals surface area contributed by atoms with Gasteiger partial charge in [-0.15, -0.1) is 12.4 Å². The molecule has 0 aromatic heterocycles. The first-order chi connectivity index (χ1) is 10.5. The van der Waals surface area contributed by atoms with E-state index in [2.05, 4.69) is 0 Å². The van der Waals surface area contributed by atoms with Gasteiger partial charge in [0, 0.05) is 26.2 Å². The van der Waals surface area contributed by atoms with Gasteiger partial charge < -0.3 is 20.3 Å². The second-order valence-electron chi connectivity index (χ2n) is 5.34. The van der Waals surface area contributed by atoms with Crippen LogP contribution in [0.1, 0.15) is 24.2 Å². The van der Waals surface area contributed by atoms with Crippen LogP contribution in [0.3, 0.4) is 0 Å². The van der Waals surface area contributed by atoms with Gasteiger partial charge in [-0.3, -0.25) is 9.59 Å². The van der Waals surface area contributed by atoms with Crippen LogP contribution in [0.25, 0.3) is 0 Å². The van der Waals surface area contributed by atoms with Gasteiger partial charge in [-0.25, -0.2) is 0 Å². The summed E-state index contributed by atoms with van der Waals surface area (Å²) in [4.78, 5) is 27.9. The van der Waals surface area contributed by atoms with E-state index in [4.69, 9.17) is 10.5 Å². The number of ether oxygens (including phenoxy) is 1. The van der Waals surface area contributed by atoms with Gasteiger partial charge in [0.15, 0.2) is 0 Å². The van der Waals surface area contributed by atoms with Crippen molar-refractivity contribution in [3.63, 3.8) is 0 Å². The minimum atomic E-state index is -0.499. The Labute approximate surface area is 143 Å². The van der Waals surface area contributed by atoms with E-state index in [9.17, 15) is 9.59 Å². The zero-order valence-corrected chi connectivity index (χ0v) is 14.3. The van der Waals surface area contributed by atoms with Crippen molar-refractivity contribution in [3.8, 4) is 5.75 Å². The van der Waals surface area contributed by atoms with E-state index in [1.165, 1.54) is 0 Å². The summed E-state index contributed by atoms with van der Waals surface area (Å²) in [6, 6.07) is 6.74. The number of nitrogens with two attached hydrogens (primary N) is 1. The minimum absolute atomic E-state index is 0. The number of carbonyl (C=O) groups excluding carboxylic acids is 2. The topological polar surface area (TPSA) is 75.9 Å². The summed E-state index contributed by atoms with van der Waals surface area (Å²) >= 11 is 0. The molecule has 128 valence electrons. The van der Waals surface area contributed by atoms with Crippen LogP contribution >= 0.6 is 12.4 Å². The van der Waals surface area contributed by atoms with Crippen molar-refractivity contribution in [3.05, 3.63) is 29.8 Å². The predicted molar refractivity (Wildman–Crippen MR) is 91.0 cm³/mol. The molecule has 1 fully saturated rings. The zero-order valence-electron chi connectivity index (χ0n) is 13.5. The highest BCUT2D eigenvalue weighted by molar-refractivity contribution is 5.97. The lowest BCUT2D eigenvalue weighted by Gasteiger charge is -2.35. The maximum absolute atomic E-state index is 12.6. The molecule has 1 saturated heterocycles. The summed E-state index contributed by atoms with van der Waals surface area (Å²) in [6.07, 6.45) is 0. The normalized spacial score (nSPS) is 15.6. The van der Waals surface area contributed by atoms with Crippen LogP contribution in [0.4, 0.5) is 0 Å². The summed E-state index contributed by atoms with van der Waals surface area (Å²) in [6.45, 7) is 6.14. The number of amides is 2. The first-order valence-corrected chi connectivity index (χ1v) is 7.60. The van der Waals surface area contributed by atoms with E-state index in [-0.39, 0.29) is 24.2 Å². The van der Waals surface area contributed by atoms with Crippen LogP contribution in [0, 0.1) is 0 Å². The second-order valence-corrected chi connectivity index (χ2v) is 5.34. The van der Waals surface area contributed by atoms with Crippen molar-refractivity contribution in [1.29, 1.82) is 0 Å². The third kappa shape index (κ3) is 4.59. The molecule has 1 aromatic rings. The van der Waals surface area contributed by atoms with Gasteiger partial charge in [0.05, 0.1) is 18.2 Å². The number of benzene rings is 1. The highest BCUT2D eigenvalue weighted by Gasteiger charge is 2.27. The molecule has 2 N–H and O–H groups in total. The van der Waals surface area contributed by atoms with E-state index in [0.29, 0.717) is 44.1 Å². The lowest BCUT2D eigenvalue weighted by atomic mass is 10.1. The molecule has 0 aliphatic carbocycles. The molecule has 0 bridgehead atoms. The number of piperazine rings is 1. The molecule has 7 heteroatoms. The predicted octanol–water partition coefficient (Wildman–Crippen LogP) is 1.14. The van der Waals surface area contributed by atoms with Gasteiger partial charge in [0.1, 0.15) is 5.75 Å². The average Bonchev–Trinajstić information content (AvgIpc) is 2.54. The van der Waals surface area contributed by atoms with Crippen molar-refractivity contribution < 1.29 is 14.3 Å². The molecule has 2 amide bonds. The monoisotopic (exact) mass is 341 g/mol. The van der Waals surface area contributed by atoms with Crippen molar-refractivity contribution in [1.82, 2.24) is 9.80 Å². The van der Waals surface area contributed by atoms with E-state index in [1.54, 1.807) is 28.9 Å². The van der Waals surface area contributed by atoms with Crippen molar-refractivity contribution in [2.75, 3.05) is 32.8 Å². The molecular formula is C16H24ClN3O3. The van der Waals surface area contributed by atoms with E-state index >= 15 is 0 Å². The van der Waals surface area contributed by atoms with Gasteiger partial charge in [0.25, 0.3) is 5.91 Å².